The van der Waals surface area contributed by atoms with Crippen molar-refractivity contribution < 1.29 is 19.4 Å². The van der Waals surface area contributed by atoms with Gasteiger partial charge in [-0.15, -0.1) is 0 Å². The van der Waals surface area contributed by atoms with E-state index >= 15 is 0 Å². The van der Waals surface area contributed by atoms with Crippen molar-refractivity contribution in [3.63, 3.8) is 0 Å². The molecule has 0 aliphatic heterocycles. The summed E-state index contributed by atoms with van der Waals surface area (Å²) in [5, 5.41) is 14.3. The zero-order chi connectivity index (χ0) is 17.4. The van der Waals surface area contributed by atoms with Gasteiger partial charge in [0.25, 0.3) is 0 Å². The van der Waals surface area contributed by atoms with Crippen molar-refractivity contribution in [2.24, 2.45) is 0 Å². The maximum Gasteiger partial charge on any atom is 0.319 e. The molecule has 6 nitrogen and oxygen atoms in total. The highest BCUT2D eigenvalue weighted by atomic mass is 79.9. The van der Waals surface area contributed by atoms with Gasteiger partial charge in [-0.25, -0.2) is 4.79 Å². The molecule has 0 aliphatic rings. The summed E-state index contributed by atoms with van der Waals surface area (Å²) >= 11 is 3.36. The molecule has 2 aromatic rings. The van der Waals surface area contributed by atoms with Crippen molar-refractivity contribution in [3.05, 3.63) is 52.5 Å². The van der Waals surface area contributed by atoms with E-state index in [1.54, 1.807) is 18.2 Å². The predicted molar refractivity (Wildman–Crippen MR) is 95.6 cm³/mol. The van der Waals surface area contributed by atoms with Gasteiger partial charge in [0.15, 0.2) is 11.5 Å². The van der Waals surface area contributed by atoms with Gasteiger partial charge in [-0.1, -0.05) is 28.1 Å². The van der Waals surface area contributed by atoms with Crippen LogP contribution in [0.2, 0.25) is 0 Å². The molecule has 0 saturated carbocycles. The molecule has 0 radical (unpaired) electrons. The number of methoxy groups -OCH3 is 1. The van der Waals surface area contributed by atoms with Crippen LogP contribution in [0.5, 0.6) is 11.5 Å². The summed E-state index contributed by atoms with van der Waals surface area (Å²) in [7, 11) is 1.54. The van der Waals surface area contributed by atoms with E-state index in [2.05, 4.69) is 26.6 Å². The Kier molecular flexibility index (Phi) is 6.89. The van der Waals surface area contributed by atoms with Gasteiger partial charge in [0.05, 0.1) is 13.7 Å². The van der Waals surface area contributed by atoms with Gasteiger partial charge in [0.1, 0.15) is 6.61 Å². The minimum Gasteiger partial charge on any atom is -0.493 e. The average molecular weight is 395 g/mol. The average Bonchev–Trinajstić information content (AvgIpc) is 2.58. The summed E-state index contributed by atoms with van der Waals surface area (Å²) in [6.07, 6.45) is 0. The number of ether oxygens (including phenoxy) is 2. The summed E-state index contributed by atoms with van der Waals surface area (Å²) in [5.41, 5.74) is 1.57. The Labute approximate surface area is 148 Å². The molecule has 0 aromatic heterocycles. The van der Waals surface area contributed by atoms with E-state index in [0.29, 0.717) is 23.7 Å². The lowest BCUT2D eigenvalue weighted by molar-refractivity contribution is 0.196. The van der Waals surface area contributed by atoms with E-state index < -0.39 is 0 Å². The largest absolute Gasteiger partial charge is 0.493 e. The second kappa shape index (κ2) is 9.14. The monoisotopic (exact) mass is 394 g/mol. The summed E-state index contributed by atoms with van der Waals surface area (Å²) in [4.78, 5) is 11.9. The van der Waals surface area contributed by atoms with E-state index in [-0.39, 0.29) is 19.2 Å². The van der Waals surface area contributed by atoms with Crippen LogP contribution in [0.3, 0.4) is 0 Å². The lowest BCUT2D eigenvalue weighted by Gasteiger charge is -2.12. The van der Waals surface area contributed by atoms with E-state index in [1.165, 1.54) is 7.11 Å². The summed E-state index contributed by atoms with van der Waals surface area (Å²) in [5.74, 6) is 1.10. The van der Waals surface area contributed by atoms with E-state index in [9.17, 15) is 4.79 Å². The highest BCUT2D eigenvalue weighted by Gasteiger charge is 2.07. The van der Waals surface area contributed by atoms with Crippen LogP contribution in [-0.4, -0.2) is 31.5 Å². The van der Waals surface area contributed by atoms with Crippen LogP contribution in [-0.2, 0) is 6.54 Å². The highest BCUT2D eigenvalue weighted by Crippen LogP contribution is 2.28. The molecule has 0 fully saturated rings. The molecule has 0 spiro atoms. The molecular weight excluding hydrogens is 376 g/mol. The number of hydrogen-bond acceptors (Lipinski definition) is 4. The lowest BCUT2D eigenvalue weighted by atomic mass is 10.2. The Bertz CT molecular complexity index is 694. The smallest absolute Gasteiger partial charge is 0.319 e. The third-order valence-electron chi connectivity index (χ3n) is 3.11. The van der Waals surface area contributed by atoms with Gasteiger partial charge in [-0.3, -0.25) is 0 Å². The first-order valence-corrected chi connectivity index (χ1v) is 8.12. The van der Waals surface area contributed by atoms with Gasteiger partial charge >= 0.3 is 6.03 Å². The quantitative estimate of drug-likeness (QED) is 0.673. The summed E-state index contributed by atoms with van der Waals surface area (Å²) in [6.45, 7) is 0.474. The number of carbonyl (C=O) groups is 1. The summed E-state index contributed by atoms with van der Waals surface area (Å²) < 4.78 is 11.5. The molecule has 0 saturated heterocycles. The number of rotatable bonds is 7. The van der Waals surface area contributed by atoms with E-state index in [1.807, 2.05) is 24.3 Å². The zero-order valence-corrected chi connectivity index (χ0v) is 14.8. The van der Waals surface area contributed by atoms with Crippen molar-refractivity contribution in [2.75, 3.05) is 25.6 Å². The maximum atomic E-state index is 11.9. The minimum atomic E-state index is -0.298. The van der Waals surface area contributed by atoms with E-state index in [4.69, 9.17) is 14.6 Å². The van der Waals surface area contributed by atoms with Crippen LogP contribution in [0.1, 0.15) is 5.56 Å². The van der Waals surface area contributed by atoms with Crippen LogP contribution >= 0.6 is 15.9 Å². The normalized spacial score (nSPS) is 10.1. The molecule has 0 atom stereocenters. The number of halogens is 1. The number of carbonyl (C=O) groups excluding carboxylic acids is 1. The van der Waals surface area contributed by atoms with Gasteiger partial charge < -0.3 is 25.2 Å². The third kappa shape index (κ3) is 5.43. The predicted octanol–water partition coefficient (Wildman–Crippen LogP) is 3.15. The first-order chi connectivity index (χ1) is 11.6. The van der Waals surface area contributed by atoms with Crippen molar-refractivity contribution in [3.8, 4) is 11.5 Å². The molecule has 128 valence electrons. The molecule has 2 rings (SSSR count). The van der Waals surface area contributed by atoms with Crippen LogP contribution in [0.15, 0.2) is 46.9 Å². The fourth-order valence-electron chi connectivity index (χ4n) is 2.02. The van der Waals surface area contributed by atoms with E-state index in [0.717, 1.165) is 10.0 Å². The number of anilines is 1. The number of aliphatic hydroxyl groups excluding tert-OH is 1. The number of amides is 2. The second-order valence-electron chi connectivity index (χ2n) is 4.88. The Morgan fingerprint density at radius 1 is 1.21 bits per heavy atom. The number of benzene rings is 2. The number of aliphatic hydroxyl groups is 1. The van der Waals surface area contributed by atoms with Crippen molar-refractivity contribution >= 4 is 27.6 Å². The first-order valence-electron chi connectivity index (χ1n) is 7.33. The number of nitrogens with one attached hydrogen (secondary N) is 2. The van der Waals surface area contributed by atoms with Crippen LogP contribution in [0.25, 0.3) is 0 Å². The first kappa shape index (κ1) is 18.1. The Morgan fingerprint density at radius 3 is 2.75 bits per heavy atom. The summed E-state index contributed by atoms with van der Waals surface area (Å²) in [6, 6.07) is 12.4. The lowest BCUT2D eigenvalue weighted by Crippen LogP contribution is -2.28. The molecule has 2 aromatic carbocycles. The fraction of sp³-hybridized carbons (Fsp3) is 0.235. The van der Waals surface area contributed by atoms with Gasteiger partial charge in [-0.05, 0) is 35.9 Å². The van der Waals surface area contributed by atoms with Gasteiger partial charge in [0.2, 0.25) is 0 Å². The van der Waals surface area contributed by atoms with Crippen molar-refractivity contribution in [2.45, 2.75) is 6.54 Å². The van der Waals surface area contributed by atoms with Crippen molar-refractivity contribution in [1.29, 1.82) is 0 Å². The molecule has 2 amide bonds. The molecule has 0 unspecified atom stereocenters. The number of urea groups is 1. The van der Waals surface area contributed by atoms with Crippen molar-refractivity contribution in [1.82, 2.24) is 5.32 Å². The van der Waals surface area contributed by atoms with Gasteiger partial charge in [-0.2, -0.15) is 0 Å². The molecule has 7 heteroatoms. The zero-order valence-electron chi connectivity index (χ0n) is 13.2. The highest BCUT2D eigenvalue weighted by molar-refractivity contribution is 9.10. The Balaban J connectivity index is 1.92. The Morgan fingerprint density at radius 2 is 2.04 bits per heavy atom. The maximum absolute atomic E-state index is 11.9. The molecular formula is C17H19BrN2O4. The standard InChI is InChI=1S/C17H19BrN2O4/c1-23-16-9-12(5-6-15(16)24-8-7-21)11-19-17(22)20-14-4-2-3-13(18)10-14/h2-6,9-10,21H,7-8,11H2,1H3,(H2,19,20,22). The second-order valence-corrected chi connectivity index (χ2v) is 5.79. The van der Waals surface area contributed by atoms with Gasteiger partial charge in [0, 0.05) is 16.7 Å². The molecule has 24 heavy (non-hydrogen) atoms. The SMILES string of the molecule is COc1cc(CNC(=O)Nc2cccc(Br)c2)ccc1OCCO. The molecule has 0 aliphatic carbocycles. The number of hydrogen-bond donors (Lipinski definition) is 3. The van der Waals surface area contributed by atoms with Crippen LogP contribution in [0, 0.1) is 0 Å². The van der Waals surface area contributed by atoms with Crippen LogP contribution < -0.4 is 20.1 Å². The third-order valence-corrected chi connectivity index (χ3v) is 3.61. The topological polar surface area (TPSA) is 79.8 Å². The molecule has 0 bridgehead atoms. The molecule has 0 heterocycles. The minimum absolute atomic E-state index is 0.0672. The Hall–Kier alpha value is -2.25. The fourth-order valence-corrected chi connectivity index (χ4v) is 2.42. The molecule has 3 N–H and O–H groups in total. The van der Waals surface area contributed by atoms with Crippen LogP contribution in [0.4, 0.5) is 10.5 Å².